The van der Waals surface area contributed by atoms with E-state index in [-0.39, 0.29) is 27.9 Å². The Balaban J connectivity index is 2.21. The Kier molecular flexibility index (Phi) is 6.29. The first kappa shape index (κ1) is 19.4. The van der Waals surface area contributed by atoms with Gasteiger partial charge in [0.25, 0.3) is 0 Å². The van der Waals surface area contributed by atoms with Gasteiger partial charge in [-0.25, -0.2) is 4.98 Å². The fourth-order valence-corrected chi connectivity index (χ4v) is 3.06. The van der Waals surface area contributed by atoms with Crippen LogP contribution in [0.2, 0.25) is 5.02 Å². The second-order valence-corrected chi connectivity index (χ2v) is 6.86. The number of amides is 1. The minimum absolute atomic E-state index is 0.0121. The molecule has 1 atom stereocenters. The molecule has 3 N–H and O–H groups in total. The predicted molar refractivity (Wildman–Crippen MR) is 100 cm³/mol. The average molecular weight is 388 g/mol. The molecule has 0 spiro atoms. The van der Waals surface area contributed by atoms with Gasteiger partial charge in [-0.15, -0.1) is 0 Å². The summed E-state index contributed by atoms with van der Waals surface area (Å²) in [5.41, 5.74) is 6.43. The lowest BCUT2D eigenvalue weighted by Crippen LogP contribution is -2.23. The molecular weight excluding hydrogens is 374 g/mol. The molecule has 2 aromatic rings. The number of anilines is 2. The van der Waals surface area contributed by atoms with Crippen molar-refractivity contribution in [2.75, 3.05) is 18.2 Å². The molecule has 0 aliphatic heterocycles. The van der Waals surface area contributed by atoms with Crippen molar-refractivity contribution in [1.29, 1.82) is 10.5 Å². The van der Waals surface area contributed by atoms with Crippen LogP contribution in [0.5, 0.6) is 5.75 Å². The third-order valence-corrected chi connectivity index (χ3v) is 4.67. The number of hydrogen-bond acceptors (Lipinski definition) is 7. The molecular formula is C17H14ClN5O2S. The number of carbonyl (C=O) groups excluding carboxylic acids is 1. The smallest absolute Gasteiger partial charge is 0.237 e. The molecule has 0 saturated heterocycles. The van der Waals surface area contributed by atoms with Gasteiger partial charge in [-0.1, -0.05) is 23.4 Å². The van der Waals surface area contributed by atoms with E-state index in [9.17, 15) is 10.1 Å². The van der Waals surface area contributed by atoms with E-state index < -0.39 is 5.25 Å². The maximum atomic E-state index is 12.5. The summed E-state index contributed by atoms with van der Waals surface area (Å²) in [5, 5.41) is 21.1. The lowest BCUT2D eigenvalue weighted by Gasteiger charge is -2.15. The number of ether oxygens (including phenoxy) is 1. The zero-order chi connectivity index (χ0) is 19.3. The van der Waals surface area contributed by atoms with Crippen molar-refractivity contribution in [3.8, 4) is 17.9 Å². The highest BCUT2D eigenvalue weighted by Crippen LogP contribution is 2.31. The van der Waals surface area contributed by atoms with Crippen molar-refractivity contribution in [3.63, 3.8) is 0 Å². The van der Waals surface area contributed by atoms with Crippen LogP contribution in [-0.4, -0.2) is 23.3 Å². The quantitative estimate of drug-likeness (QED) is 0.754. The van der Waals surface area contributed by atoms with Crippen molar-refractivity contribution in [3.05, 3.63) is 40.4 Å². The first-order valence-electron chi connectivity index (χ1n) is 7.31. The molecule has 1 amide bonds. The van der Waals surface area contributed by atoms with E-state index >= 15 is 0 Å². The van der Waals surface area contributed by atoms with Gasteiger partial charge in [0.1, 0.15) is 28.7 Å². The molecule has 0 fully saturated rings. The highest BCUT2D eigenvalue weighted by Gasteiger charge is 2.20. The summed E-state index contributed by atoms with van der Waals surface area (Å²) in [5.74, 6) is 0.153. The average Bonchev–Trinajstić information content (AvgIpc) is 2.62. The SMILES string of the molecule is COc1ccc(Cl)cc1NC(=O)[C@@H](C)Sc1nc(N)c(C#N)cc1C#N. The van der Waals surface area contributed by atoms with Crippen LogP contribution in [0.4, 0.5) is 11.5 Å². The second-order valence-electron chi connectivity index (χ2n) is 5.09. The van der Waals surface area contributed by atoms with Crippen LogP contribution >= 0.6 is 23.4 Å². The molecule has 0 radical (unpaired) electrons. The predicted octanol–water partition coefficient (Wildman–Crippen LogP) is 3.19. The number of rotatable bonds is 5. The van der Waals surface area contributed by atoms with Gasteiger partial charge < -0.3 is 15.8 Å². The fraction of sp³-hybridized carbons (Fsp3) is 0.176. The standard InChI is InChI=1S/C17H14ClN5O2S/c1-9(16(24)22-13-6-12(18)3-4-14(13)25-2)26-17-11(8-20)5-10(7-19)15(21)23-17/h3-6,9H,1-2H3,(H2,21,23)(H,22,24)/t9-/m1/s1. The molecule has 9 heteroatoms. The number of methoxy groups -OCH3 is 1. The van der Waals surface area contributed by atoms with E-state index in [1.54, 1.807) is 25.1 Å². The molecule has 2 rings (SSSR count). The second kappa shape index (κ2) is 8.43. The van der Waals surface area contributed by atoms with E-state index in [2.05, 4.69) is 10.3 Å². The van der Waals surface area contributed by atoms with Crippen LogP contribution in [0.15, 0.2) is 29.3 Å². The van der Waals surface area contributed by atoms with Crippen molar-refractivity contribution >= 4 is 40.8 Å². The van der Waals surface area contributed by atoms with Crippen LogP contribution in [-0.2, 0) is 4.79 Å². The molecule has 0 unspecified atom stereocenters. The normalized spacial score (nSPS) is 11.1. The lowest BCUT2D eigenvalue weighted by atomic mass is 10.2. The molecule has 0 aliphatic rings. The summed E-state index contributed by atoms with van der Waals surface area (Å²) in [6, 6.07) is 10.1. The van der Waals surface area contributed by atoms with Crippen molar-refractivity contribution in [2.45, 2.75) is 17.2 Å². The summed E-state index contributed by atoms with van der Waals surface area (Å²) in [4.78, 5) is 16.5. The number of nitrogens with zero attached hydrogens (tertiary/aromatic N) is 3. The topological polar surface area (TPSA) is 125 Å². The van der Waals surface area contributed by atoms with Crippen LogP contribution in [0, 0.1) is 22.7 Å². The number of benzene rings is 1. The van der Waals surface area contributed by atoms with Gasteiger partial charge in [0.15, 0.2) is 0 Å². The zero-order valence-electron chi connectivity index (χ0n) is 13.9. The van der Waals surface area contributed by atoms with E-state index in [0.717, 1.165) is 11.8 Å². The van der Waals surface area contributed by atoms with Gasteiger partial charge in [0.2, 0.25) is 5.91 Å². The number of aromatic nitrogens is 1. The molecule has 132 valence electrons. The van der Waals surface area contributed by atoms with Crippen molar-refractivity contribution < 1.29 is 9.53 Å². The van der Waals surface area contributed by atoms with Crippen LogP contribution in [0.25, 0.3) is 0 Å². The summed E-state index contributed by atoms with van der Waals surface area (Å²) < 4.78 is 5.19. The number of halogens is 1. The molecule has 7 nitrogen and oxygen atoms in total. The van der Waals surface area contributed by atoms with Crippen LogP contribution in [0.3, 0.4) is 0 Å². The molecule has 1 aromatic heterocycles. The monoisotopic (exact) mass is 387 g/mol. The van der Waals surface area contributed by atoms with Crippen LogP contribution < -0.4 is 15.8 Å². The summed E-state index contributed by atoms with van der Waals surface area (Å²) in [7, 11) is 1.49. The summed E-state index contributed by atoms with van der Waals surface area (Å²) in [6.07, 6.45) is 0. The van der Waals surface area contributed by atoms with Crippen molar-refractivity contribution in [1.82, 2.24) is 4.98 Å². The molecule has 0 aliphatic carbocycles. The maximum absolute atomic E-state index is 12.5. The van der Waals surface area contributed by atoms with Gasteiger partial charge in [-0.05, 0) is 31.2 Å². The number of pyridine rings is 1. The molecule has 1 aromatic carbocycles. The maximum Gasteiger partial charge on any atom is 0.237 e. The summed E-state index contributed by atoms with van der Waals surface area (Å²) >= 11 is 7.02. The Hall–Kier alpha value is -2.94. The number of nitrogens with one attached hydrogen (secondary N) is 1. The largest absolute Gasteiger partial charge is 0.495 e. The third kappa shape index (κ3) is 4.37. The number of nitrogen functional groups attached to an aromatic ring is 1. The fourth-order valence-electron chi connectivity index (χ4n) is 2.00. The van der Waals surface area contributed by atoms with Gasteiger partial charge in [0, 0.05) is 5.02 Å². The zero-order valence-corrected chi connectivity index (χ0v) is 15.5. The number of thioether (sulfide) groups is 1. The Bertz CT molecular complexity index is 936. The van der Waals surface area contributed by atoms with Crippen molar-refractivity contribution in [2.24, 2.45) is 0 Å². The van der Waals surface area contributed by atoms with Gasteiger partial charge >= 0.3 is 0 Å². The van der Waals surface area contributed by atoms with Crippen LogP contribution in [0.1, 0.15) is 18.1 Å². The minimum Gasteiger partial charge on any atom is -0.495 e. The van der Waals surface area contributed by atoms with Gasteiger partial charge in [0.05, 0.1) is 29.2 Å². The Labute approximate surface area is 159 Å². The molecule has 1 heterocycles. The van der Waals surface area contributed by atoms with E-state index in [0.29, 0.717) is 16.5 Å². The van der Waals surface area contributed by atoms with E-state index in [1.165, 1.54) is 13.2 Å². The van der Waals surface area contributed by atoms with Gasteiger partial charge in [-0.2, -0.15) is 10.5 Å². The Morgan fingerprint density at radius 1 is 1.35 bits per heavy atom. The van der Waals surface area contributed by atoms with E-state index in [1.807, 2.05) is 12.1 Å². The minimum atomic E-state index is -0.592. The lowest BCUT2D eigenvalue weighted by molar-refractivity contribution is -0.115. The highest BCUT2D eigenvalue weighted by atomic mass is 35.5. The number of hydrogen-bond donors (Lipinski definition) is 2. The number of nitriles is 2. The summed E-state index contributed by atoms with van der Waals surface area (Å²) in [6.45, 7) is 1.66. The van der Waals surface area contributed by atoms with Gasteiger partial charge in [-0.3, -0.25) is 4.79 Å². The highest BCUT2D eigenvalue weighted by molar-refractivity contribution is 8.00. The molecule has 0 saturated carbocycles. The third-order valence-electron chi connectivity index (χ3n) is 3.33. The first-order valence-corrected chi connectivity index (χ1v) is 8.57. The number of nitrogens with two attached hydrogens (primary N) is 1. The number of carbonyl (C=O) groups is 1. The Morgan fingerprint density at radius 3 is 2.65 bits per heavy atom. The Morgan fingerprint density at radius 2 is 2.04 bits per heavy atom. The van der Waals surface area contributed by atoms with E-state index in [4.69, 9.17) is 27.3 Å². The first-order chi connectivity index (χ1) is 12.4. The molecule has 26 heavy (non-hydrogen) atoms. The molecule has 0 bridgehead atoms.